The zero-order valence-electron chi connectivity index (χ0n) is 14.3. The number of ether oxygens (including phenoxy) is 3. The van der Waals surface area contributed by atoms with E-state index in [-0.39, 0.29) is 13.4 Å². The summed E-state index contributed by atoms with van der Waals surface area (Å²) in [4.78, 5) is 15.9. The average Bonchev–Trinajstić information content (AvgIpc) is 2.65. The molecule has 0 unspecified atom stereocenters. The molecule has 1 aliphatic rings. The van der Waals surface area contributed by atoms with Gasteiger partial charge in [0.05, 0.1) is 29.4 Å². The van der Waals surface area contributed by atoms with Crippen LogP contribution in [0.2, 0.25) is 0 Å². The number of alkyl halides is 3. The smallest absolute Gasteiger partial charge is 0.417 e. The Morgan fingerprint density at radius 3 is 2.81 bits per heavy atom. The number of rotatable bonds is 5. The fraction of sp³-hybridized carbons (Fsp3) is 0.333. The Labute approximate surface area is 157 Å². The van der Waals surface area contributed by atoms with E-state index >= 15 is 0 Å². The van der Waals surface area contributed by atoms with E-state index in [0.29, 0.717) is 28.7 Å². The van der Waals surface area contributed by atoms with Gasteiger partial charge >= 0.3 is 12.1 Å². The molecule has 5 nitrogen and oxygen atoms in total. The fourth-order valence-corrected chi connectivity index (χ4v) is 3.33. The van der Waals surface area contributed by atoms with Crippen LogP contribution in [0, 0.1) is 0 Å². The Morgan fingerprint density at radius 1 is 1.33 bits per heavy atom. The number of esters is 1. The number of fused-ring (bicyclic) bond motifs is 1. The summed E-state index contributed by atoms with van der Waals surface area (Å²) in [5, 5.41) is 0.436. The molecule has 0 spiro atoms. The van der Waals surface area contributed by atoms with Crippen molar-refractivity contribution < 1.29 is 32.2 Å². The van der Waals surface area contributed by atoms with E-state index in [0.717, 1.165) is 23.4 Å². The highest BCUT2D eigenvalue weighted by Crippen LogP contribution is 2.35. The number of carbonyl (C=O) groups is 1. The molecule has 1 aromatic heterocycles. The largest absolute Gasteiger partial charge is 0.467 e. The lowest BCUT2D eigenvalue weighted by Crippen LogP contribution is -2.15. The van der Waals surface area contributed by atoms with Crippen LogP contribution in [0.15, 0.2) is 35.5 Å². The number of hydrogen-bond acceptors (Lipinski definition) is 6. The van der Waals surface area contributed by atoms with Gasteiger partial charge in [0.1, 0.15) is 5.75 Å². The molecule has 0 N–H and O–H groups in total. The number of carbonyl (C=O) groups excluding carboxylic acids is 1. The van der Waals surface area contributed by atoms with Crippen LogP contribution in [0.3, 0.4) is 0 Å². The Bertz CT molecular complexity index is 825. The second-order valence-electron chi connectivity index (χ2n) is 5.63. The Kier molecular flexibility index (Phi) is 5.91. The van der Waals surface area contributed by atoms with E-state index in [2.05, 4.69) is 4.98 Å². The van der Waals surface area contributed by atoms with E-state index in [1.165, 1.54) is 17.8 Å². The van der Waals surface area contributed by atoms with Gasteiger partial charge < -0.3 is 14.2 Å². The van der Waals surface area contributed by atoms with Crippen LogP contribution in [-0.2, 0) is 28.0 Å². The first-order valence-corrected chi connectivity index (χ1v) is 9.06. The number of benzene rings is 1. The van der Waals surface area contributed by atoms with Crippen molar-refractivity contribution in [2.45, 2.75) is 30.5 Å². The second kappa shape index (κ2) is 8.18. The van der Waals surface area contributed by atoms with E-state index in [1.807, 2.05) is 0 Å². The number of nitrogens with zero attached hydrogens (tertiary/aromatic N) is 1. The third-order valence-corrected chi connectivity index (χ3v) is 4.73. The molecule has 144 valence electrons. The van der Waals surface area contributed by atoms with Crippen molar-refractivity contribution in [1.82, 2.24) is 4.98 Å². The summed E-state index contributed by atoms with van der Waals surface area (Å²) in [5.74, 6) is 0.534. The summed E-state index contributed by atoms with van der Waals surface area (Å²) < 4.78 is 53.7. The number of pyridine rings is 1. The third-order valence-electron chi connectivity index (χ3n) is 3.74. The average molecular weight is 399 g/mol. The van der Waals surface area contributed by atoms with Crippen molar-refractivity contribution in [2.75, 3.05) is 13.4 Å². The van der Waals surface area contributed by atoms with E-state index in [4.69, 9.17) is 14.2 Å². The Balaban J connectivity index is 1.81. The minimum Gasteiger partial charge on any atom is -0.467 e. The van der Waals surface area contributed by atoms with Gasteiger partial charge in [-0.2, -0.15) is 13.2 Å². The molecule has 0 saturated heterocycles. The SMILES string of the molecule is CCOC(=O)c1cc2c(c(CSc3ccc(C(F)(F)F)cn3)c1)OCOC2. The number of halogens is 3. The molecule has 2 aromatic rings. The Hall–Kier alpha value is -2.26. The molecular formula is C18H16F3NO4S. The van der Waals surface area contributed by atoms with Gasteiger partial charge in [-0.15, -0.1) is 11.8 Å². The number of hydrogen-bond donors (Lipinski definition) is 0. The predicted molar refractivity (Wildman–Crippen MR) is 91.5 cm³/mol. The monoisotopic (exact) mass is 399 g/mol. The van der Waals surface area contributed by atoms with E-state index in [9.17, 15) is 18.0 Å². The first-order chi connectivity index (χ1) is 12.9. The summed E-state index contributed by atoms with van der Waals surface area (Å²) in [7, 11) is 0. The van der Waals surface area contributed by atoms with Crippen LogP contribution in [-0.4, -0.2) is 24.4 Å². The number of aromatic nitrogens is 1. The fourth-order valence-electron chi connectivity index (χ4n) is 2.52. The highest BCUT2D eigenvalue weighted by molar-refractivity contribution is 7.98. The molecule has 27 heavy (non-hydrogen) atoms. The highest BCUT2D eigenvalue weighted by atomic mass is 32.2. The zero-order valence-corrected chi connectivity index (χ0v) is 15.2. The summed E-state index contributed by atoms with van der Waals surface area (Å²) in [6.45, 7) is 2.37. The first-order valence-electron chi connectivity index (χ1n) is 8.08. The van der Waals surface area contributed by atoms with E-state index in [1.54, 1.807) is 19.1 Å². The minimum absolute atomic E-state index is 0.0992. The molecule has 0 radical (unpaired) electrons. The molecule has 0 fully saturated rings. The first kappa shape index (κ1) is 19.5. The second-order valence-corrected chi connectivity index (χ2v) is 6.62. The Morgan fingerprint density at radius 2 is 2.15 bits per heavy atom. The third kappa shape index (κ3) is 4.72. The molecule has 1 aliphatic heterocycles. The van der Waals surface area contributed by atoms with Gasteiger partial charge in [-0.3, -0.25) is 0 Å². The van der Waals surface area contributed by atoms with Crippen molar-refractivity contribution in [3.8, 4) is 5.75 Å². The van der Waals surface area contributed by atoms with Crippen LogP contribution in [0.1, 0.15) is 34.0 Å². The van der Waals surface area contributed by atoms with Gasteiger partial charge in [0, 0.05) is 23.1 Å². The number of thioether (sulfide) groups is 1. The summed E-state index contributed by atoms with van der Waals surface area (Å²) >= 11 is 1.25. The highest BCUT2D eigenvalue weighted by Gasteiger charge is 2.30. The van der Waals surface area contributed by atoms with Crippen LogP contribution in [0.25, 0.3) is 0 Å². The maximum Gasteiger partial charge on any atom is 0.417 e. The lowest BCUT2D eigenvalue weighted by molar-refractivity contribution is -0.137. The standard InChI is InChI=1S/C18H16F3NO4S/c1-2-25-17(23)11-5-12-8-24-10-26-16(12)13(6-11)9-27-15-4-3-14(7-22-15)18(19,20)21/h3-7H,2,8-10H2,1H3. The van der Waals surface area contributed by atoms with E-state index < -0.39 is 17.7 Å². The van der Waals surface area contributed by atoms with Crippen molar-refractivity contribution in [2.24, 2.45) is 0 Å². The quantitative estimate of drug-likeness (QED) is 0.547. The molecule has 9 heteroatoms. The maximum atomic E-state index is 12.6. The normalized spacial score (nSPS) is 13.6. The lowest BCUT2D eigenvalue weighted by Gasteiger charge is -2.21. The zero-order chi connectivity index (χ0) is 19.4. The summed E-state index contributed by atoms with van der Waals surface area (Å²) in [6, 6.07) is 5.64. The van der Waals surface area contributed by atoms with Gasteiger partial charge in [-0.1, -0.05) is 0 Å². The molecule has 0 bridgehead atoms. The van der Waals surface area contributed by atoms with Crippen LogP contribution < -0.4 is 4.74 Å². The lowest BCUT2D eigenvalue weighted by atomic mass is 10.0. The van der Waals surface area contributed by atoms with Gasteiger partial charge in [0.25, 0.3) is 0 Å². The van der Waals surface area contributed by atoms with Gasteiger partial charge in [-0.05, 0) is 31.2 Å². The molecular weight excluding hydrogens is 383 g/mol. The molecule has 0 amide bonds. The maximum absolute atomic E-state index is 12.6. The molecule has 0 aliphatic carbocycles. The van der Waals surface area contributed by atoms with Crippen molar-refractivity contribution in [1.29, 1.82) is 0 Å². The summed E-state index contributed by atoms with van der Waals surface area (Å²) in [6.07, 6.45) is -3.62. The molecule has 0 saturated carbocycles. The van der Waals surface area contributed by atoms with Crippen LogP contribution in [0.5, 0.6) is 5.75 Å². The molecule has 3 rings (SSSR count). The topological polar surface area (TPSA) is 57.7 Å². The molecule has 0 atom stereocenters. The molecule has 1 aromatic carbocycles. The molecule has 2 heterocycles. The van der Waals surface area contributed by atoms with Crippen LogP contribution in [0.4, 0.5) is 13.2 Å². The van der Waals surface area contributed by atoms with Gasteiger partial charge in [-0.25, -0.2) is 9.78 Å². The minimum atomic E-state index is -4.42. The van der Waals surface area contributed by atoms with Gasteiger partial charge in [0.2, 0.25) is 0 Å². The van der Waals surface area contributed by atoms with Crippen LogP contribution >= 0.6 is 11.8 Å². The summed E-state index contributed by atoms with van der Waals surface area (Å²) in [5.41, 5.74) is 1.03. The van der Waals surface area contributed by atoms with Crippen molar-refractivity contribution in [3.63, 3.8) is 0 Å². The van der Waals surface area contributed by atoms with Crippen molar-refractivity contribution >= 4 is 17.7 Å². The van der Waals surface area contributed by atoms with Gasteiger partial charge in [0.15, 0.2) is 6.79 Å². The predicted octanol–water partition coefficient (Wildman–Crippen LogP) is 4.44. The van der Waals surface area contributed by atoms with Crippen molar-refractivity contribution in [3.05, 3.63) is 52.7 Å².